The number of aromatic nitrogens is 2. The molecule has 8 heteroatoms. The number of thiazole rings is 1. The maximum Gasteiger partial charge on any atom is 0.258 e. The van der Waals surface area contributed by atoms with Gasteiger partial charge >= 0.3 is 0 Å². The Hall–Kier alpha value is -3.10. The smallest absolute Gasteiger partial charge is 0.258 e. The van der Waals surface area contributed by atoms with E-state index in [0.29, 0.717) is 17.2 Å². The monoisotopic (exact) mass is 450 g/mol. The topological polar surface area (TPSA) is 84.0 Å². The van der Waals surface area contributed by atoms with Gasteiger partial charge in [0, 0.05) is 28.3 Å². The molecule has 1 aromatic carbocycles. The molecule has 0 fully saturated rings. The lowest BCUT2D eigenvalue weighted by molar-refractivity contribution is -0.119. The van der Waals surface area contributed by atoms with Gasteiger partial charge in [0.2, 0.25) is 5.91 Å². The Kier molecular flexibility index (Phi) is 6.11. The van der Waals surface area contributed by atoms with Gasteiger partial charge in [-0.2, -0.15) is 0 Å². The molecule has 2 amide bonds. The molecule has 4 aromatic rings. The number of hydrogen-bond donors (Lipinski definition) is 2. The number of carbonyl (C=O) groups excluding carboxylic acids is 2. The van der Waals surface area contributed by atoms with E-state index in [1.165, 1.54) is 18.3 Å². The number of pyridine rings is 1. The van der Waals surface area contributed by atoms with Crippen LogP contribution in [-0.2, 0) is 11.3 Å². The zero-order chi connectivity index (χ0) is 22.0. The lowest BCUT2D eigenvalue weighted by Gasteiger charge is -2.11. The molecule has 0 saturated heterocycles. The first-order valence-electron chi connectivity index (χ1n) is 9.91. The molecule has 0 unspecified atom stereocenters. The second kappa shape index (κ2) is 8.95. The van der Waals surface area contributed by atoms with Crippen molar-refractivity contribution >= 4 is 50.5 Å². The van der Waals surface area contributed by atoms with Crippen molar-refractivity contribution in [3.8, 4) is 10.6 Å². The molecule has 6 nitrogen and oxygen atoms in total. The van der Waals surface area contributed by atoms with Crippen molar-refractivity contribution in [3.05, 3.63) is 64.0 Å². The van der Waals surface area contributed by atoms with Gasteiger partial charge in [0.25, 0.3) is 5.91 Å². The Balaban J connectivity index is 1.55. The van der Waals surface area contributed by atoms with Gasteiger partial charge in [-0.25, -0.2) is 4.98 Å². The minimum atomic E-state index is -0.195. The lowest BCUT2D eigenvalue weighted by atomic mass is 10.0. The summed E-state index contributed by atoms with van der Waals surface area (Å²) >= 11 is 2.96. The predicted octanol–water partition coefficient (Wildman–Crippen LogP) is 5.43. The average Bonchev–Trinajstić information content (AvgIpc) is 3.40. The first-order chi connectivity index (χ1) is 14.9. The second-order valence-corrected chi connectivity index (χ2v) is 9.46. The molecule has 4 rings (SSSR count). The molecule has 0 atom stereocenters. The van der Waals surface area contributed by atoms with Gasteiger partial charge in [-0.1, -0.05) is 32.0 Å². The van der Waals surface area contributed by atoms with Gasteiger partial charge in [0.15, 0.2) is 5.13 Å². The third-order valence-electron chi connectivity index (χ3n) is 4.72. The van der Waals surface area contributed by atoms with E-state index in [9.17, 15) is 9.59 Å². The summed E-state index contributed by atoms with van der Waals surface area (Å²) in [4.78, 5) is 35.5. The van der Waals surface area contributed by atoms with Crippen molar-refractivity contribution in [2.75, 3.05) is 5.32 Å². The van der Waals surface area contributed by atoms with Gasteiger partial charge in [-0.15, -0.1) is 22.7 Å². The summed E-state index contributed by atoms with van der Waals surface area (Å²) in [6.45, 7) is 6.13. The van der Waals surface area contributed by atoms with Crippen LogP contribution < -0.4 is 10.6 Å². The van der Waals surface area contributed by atoms with E-state index in [-0.39, 0.29) is 17.7 Å². The van der Waals surface area contributed by atoms with Crippen LogP contribution >= 0.6 is 22.7 Å². The van der Waals surface area contributed by atoms with Crippen LogP contribution in [-0.4, -0.2) is 21.8 Å². The molecule has 0 aliphatic heterocycles. The second-order valence-electron chi connectivity index (χ2n) is 7.43. The van der Waals surface area contributed by atoms with Crippen LogP contribution in [0.1, 0.15) is 47.6 Å². The number of amides is 2. The van der Waals surface area contributed by atoms with E-state index >= 15 is 0 Å². The maximum absolute atomic E-state index is 13.1. The summed E-state index contributed by atoms with van der Waals surface area (Å²) < 4.78 is 0. The number of anilines is 1. The first-order valence-corrected chi connectivity index (χ1v) is 11.6. The van der Waals surface area contributed by atoms with E-state index in [4.69, 9.17) is 0 Å². The number of rotatable bonds is 6. The standard InChI is InChI=1S/C23H22N4O2S2/c1-13(2)19-10-17(16-6-4-5-7-18(16)25-19)22(29)27-23-26-20(12-30-23)21-9-8-15(31-21)11-24-14(3)28/h4-10,12-13H,11H2,1-3H3,(H,24,28)(H,26,27,29). The summed E-state index contributed by atoms with van der Waals surface area (Å²) in [6.07, 6.45) is 0. The molecule has 158 valence electrons. The van der Waals surface area contributed by atoms with E-state index in [0.717, 1.165) is 32.0 Å². The molecule has 0 spiro atoms. The summed E-state index contributed by atoms with van der Waals surface area (Å²) in [7, 11) is 0. The highest BCUT2D eigenvalue weighted by Crippen LogP contribution is 2.31. The van der Waals surface area contributed by atoms with Crippen molar-refractivity contribution < 1.29 is 9.59 Å². The van der Waals surface area contributed by atoms with E-state index in [1.807, 2.05) is 47.8 Å². The molecule has 0 bridgehead atoms. The number of hydrogen-bond acceptors (Lipinski definition) is 6. The van der Waals surface area contributed by atoms with Crippen LogP contribution in [0.15, 0.2) is 47.8 Å². The molecule has 3 aromatic heterocycles. The molecule has 3 heterocycles. The molecule has 31 heavy (non-hydrogen) atoms. The molecular formula is C23H22N4O2S2. The normalized spacial score (nSPS) is 11.1. The largest absolute Gasteiger partial charge is 0.351 e. The van der Waals surface area contributed by atoms with Crippen LogP contribution in [0.5, 0.6) is 0 Å². The van der Waals surface area contributed by atoms with Crippen molar-refractivity contribution in [3.63, 3.8) is 0 Å². The molecule has 0 aliphatic carbocycles. The zero-order valence-corrected chi connectivity index (χ0v) is 19.1. The van der Waals surface area contributed by atoms with Crippen LogP contribution in [0.25, 0.3) is 21.5 Å². The number of benzene rings is 1. The third-order valence-corrected chi connectivity index (χ3v) is 6.59. The predicted molar refractivity (Wildman–Crippen MR) is 127 cm³/mol. The van der Waals surface area contributed by atoms with Gasteiger partial charge in [-0.3, -0.25) is 19.9 Å². The van der Waals surface area contributed by atoms with Crippen molar-refractivity contribution in [2.24, 2.45) is 0 Å². The van der Waals surface area contributed by atoms with Crippen molar-refractivity contribution in [1.82, 2.24) is 15.3 Å². The molecule has 0 radical (unpaired) electrons. The van der Waals surface area contributed by atoms with Gasteiger partial charge in [-0.05, 0) is 30.2 Å². The Morgan fingerprint density at radius 2 is 1.90 bits per heavy atom. The van der Waals surface area contributed by atoms with Crippen LogP contribution in [0.4, 0.5) is 5.13 Å². The molecular weight excluding hydrogens is 428 g/mol. The fourth-order valence-corrected chi connectivity index (χ4v) is 4.80. The minimum absolute atomic E-state index is 0.0575. The summed E-state index contributed by atoms with van der Waals surface area (Å²) in [5.41, 5.74) is 3.10. The highest BCUT2D eigenvalue weighted by atomic mass is 32.1. The summed E-state index contributed by atoms with van der Waals surface area (Å²) in [5, 5.41) is 9.03. The molecule has 0 aliphatic rings. The number of para-hydroxylation sites is 1. The molecule has 0 saturated carbocycles. The Morgan fingerprint density at radius 3 is 2.68 bits per heavy atom. The number of nitrogens with one attached hydrogen (secondary N) is 2. The summed E-state index contributed by atoms with van der Waals surface area (Å²) in [6, 6.07) is 13.5. The van der Waals surface area contributed by atoms with Crippen molar-refractivity contribution in [1.29, 1.82) is 0 Å². The fourth-order valence-electron chi connectivity index (χ4n) is 3.11. The van der Waals surface area contributed by atoms with Gasteiger partial charge in [0.05, 0.1) is 28.2 Å². The Morgan fingerprint density at radius 1 is 1.10 bits per heavy atom. The lowest BCUT2D eigenvalue weighted by Crippen LogP contribution is -2.17. The van der Waals surface area contributed by atoms with Gasteiger partial charge < -0.3 is 5.32 Å². The Bertz CT molecular complexity index is 1260. The maximum atomic E-state index is 13.1. The molecule has 2 N–H and O–H groups in total. The van der Waals surface area contributed by atoms with E-state index in [2.05, 4.69) is 34.4 Å². The Labute approximate surface area is 188 Å². The van der Waals surface area contributed by atoms with Crippen molar-refractivity contribution in [2.45, 2.75) is 33.2 Å². The first kappa shape index (κ1) is 21.1. The van der Waals surface area contributed by atoms with Crippen LogP contribution in [0.3, 0.4) is 0 Å². The average molecular weight is 451 g/mol. The highest BCUT2D eigenvalue weighted by Gasteiger charge is 2.16. The number of fused-ring (bicyclic) bond motifs is 1. The zero-order valence-electron chi connectivity index (χ0n) is 17.4. The van der Waals surface area contributed by atoms with Crippen LogP contribution in [0, 0.1) is 0 Å². The fraction of sp³-hybridized carbons (Fsp3) is 0.217. The van der Waals surface area contributed by atoms with Gasteiger partial charge in [0.1, 0.15) is 0 Å². The SMILES string of the molecule is CC(=O)NCc1ccc(-c2csc(NC(=O)c3cc(C(C)C)nc4ccccc34)n2)s1. The summed E-state index contributed by atoms with van der Waals surface area (Å²) in [5.74, 6) is -0.0371. The minimum Gasteiger partial charge on any atom is -0.351 e. The quantitative estimate of drug-likeness (QED) is 0.410. The third kappa shape index (κ3) is 4.81. The number of nitrogens with zero attached hydrogens (tertiary/aromatic N) is 2. The number of thiophene rings is 1. The number of carbonyl (C=O) groups is 2. The van der Waals surface area contributed by atoms with E-state index < -0.39 is 0 Å². The highest BCUT2D eigenvalue weighted by molar-refractivity contribution is 7.17. The van der Waals surface area contributed by atoms with Crippen LogP contribution in [0.2, 0.25) is 0 Å². The van der Waals surface area contributed by atoms with E-state index in [1.54, 1.807) is 11.3 Å².